The Kier molecular flexibility index (Phi) is 9.01. The lowest BCUT2D eigenvalue weighted by Gasteiger charge is -2.27. The Balaban J connectivity index is 1.68. The van der Waals surface area contributed by atoms with Crippen LogP contribution in [0, 0.1) is 0 Å². The van der Waals surface area contributed by atoms with Gasteiger partial charge in [0, 0.05) is 37.5 Å². The van der Waals surface area contributed by atoms with Gasteiger partial charge in [-0.15, -0.1) is 11.8 Å². The van der Waals surface area contributed by atoms with Crippen LogP contribution in [0.1, 0.15) is 11.5 Å². The van der Waals surface area contributed by atoms with Crippen molar-refractivity contribution in [1.29, 1.82) is 0 Å². The van der Waals surface area contributed by atoms with E-state index >= 15 is 0 Å². The lowest BCUT2D eigenvalue weighted by atomic mass is 10.3. The molecule has 0 atom stereocenters. The van der Waals surface area contributed by atoms with Crippen LogP contribution in [0.5, 0.6) is 0 Å². The van der Waals surface area contributed by atoms with Crippen molar-refractivity contribution >= 4 is 23.6 Å². The largest absolute Gasteiger partial charge is 0.467 e. The number of nitrogens with zero attached hydrogens (tertiary/aromatic N) is 3. The summed E-state index contributed by atoms with van der Waals surface area (Å²) < 4.78 is 12.6. The minimum atomic E-state index is -0.142. The third-order valence-electron chi connectivity index (χ3n) is 5.03. The van der Waals surface area contributed by atoms with Crippen LogP contribution >= 0.6 is 11.8 Å². The molecule has 8 heteroatoms. The van der Waals surface area contributed by atoms with Crippen LogP contribution in [0.15, 0.2) is 76.4 Å². The summed E-state index contributed by atoms with van der Waals surface area (Å²) in [5, 5.41) is 0. The Hall–Kier alpha value is -2.97. The summed E-state index contributed by atoms with van der Waals surface area (Å²) >= 11 is 1.46. The summed E-state index contributed by atoms with van der Waals surface area (Å²) in [6.45, 7) is 1.47. The number of hydrogen-bond donors (Lipinski definition) is 0. The zero-order valence-electron chi connectivity index (χ0n) is 18.5. The van der Waals surface area contributed by atoms with E-state index < -0.39 is 0 Å². The number of aromatic nitrogens is 1. The van der Waals surface area contributed by atoms with Gasteiger partial charge in [-0.25, -0.2) is 0 Å². The lowest BCUT2D eigenvalue weighted by molar-refractivity contribution is -0.140. The normalized spacial score (nSPS) is 10.8. The molecule has 0 saturated heterocycles. The first-order valence-electron chi connectivity index (χ1n) is 10.4. The molecule has 0 aliphatic heterocycles. The second-order valence-electron chi connectivity index (χ2n) is 7.35. The summed E-state index contributed by atoms with van der Waals surface area (Å²) in [5.74, 6) is 0.719. The first-order chi connectivity index (χ1) is 15.6. The van der Waals surface area contributed by atoms with Gasteiger partial charge >= 0.3 is 0 Å². The van der Waals surface area contributed by atoms with E-state index in [2.05, 4.69) is 0 Å². The van der Waals surface area contributed by atoms with E-state index in [1.807, 2.05) is 66.3 Å². The van der Waals surface area contributed by atoms with Crippen LogP contribution in [0.4, 0.5) is 0 Å². The van der Waals surface area contributed by atoms with Crippen molar-refractivity contribution in [3.8, 4) is 0 Å². The van der Waals surface area contributed by atoms with Crippen LogP contribution in [-0.4, -0.2) is 58.7 Å². The molecule has 0 spiro atoms. The number of aryl methyl sites for hydroxylation is 1. The maximum atomic E-state index is 13.3. The molecule has 2 amide bonds. The first kappa shape index (κ1) is 23.7. The van der Waals surface area contributed by atoms with Crippen LogP contribution in [0.25, 0.3) is 0 Å². The minimum Gasteiger partial charge on any atom is -0.467 e. The number of rotatable bonds is 12. The number of hydrogen-bond acceptors (Lipinski definition) is 5. The highest BCUT2D eigenvalue weighted by atomic mass is 32.2. The predicted octanol–water partition coefficient (Wildman–Crippen LogP) is 3.41. The van der Waals surface area contributed by atoms with Gasteiger partial charge in [0.05, 0.1) is 38.3 Å². The van der Waals surface area contributed by atoms with Gasteiger partial charge in [-0.2, -0.15) is 0 Å². The fraction of sp³-hybridized carbons (Fsp3) is 0.333. The molecule has 7 nitrogen and oxygen atoms in total. The monoisotopic (exact) mass is 455 g/mol. The third kappa shape index (κ3) is 7.03. The molecule has 32 heavy (non-hydrogen) atoms. The Morgan fingerprint density at radius 1 is 1.00 bits per heavy atom. The molecule has 0 saturated carbocycles. The highest BCUT2D eigenvalue weighted by Gasteiger charge is 2.23. The first-order valence-corrected chi connectivity index (χ1v) is 11.4. The fourth-order valence-electron chi connectivity index (χ4n) is 3.19. The van der Waals surface area contributed by atoms with Crippen molar-refractivity contribution in [2.75, 3.05) is 32.6 Å². The zero-order chi connectivity index (χ0) is 22.8. The highest BCUT2D eigenvalue weighted by Crippen LogP contribution is 2.18. The molecule has 2 heterocycles. The summed E-state index contributed by atoms with van der Waals surface area (Å²) in [6.07, 6.45) is 3.54. The quantitative estimate of drug-likeness (QED) is 0.392. The zero-order valence-corrected chi connectivity index (χ0v) is 19.3. The molecule has 0 bridgehead atoms. The van der Waals surface area contributed by atoms with Crippen molar-refractivity contribution in [2.24, 2.45) is 7.05 Å². The summed E-state index contributed by atoms with van der Waals surface area (Å²) in [4.78, 5) is 30.5. The van der Waals surface area contributed by atoms with Crippen molar-refractivity contribution in [3.63, 3.8) is 0 Å². The number of methoxy groups -OCH3 is 1. The van der Waals surface area contributed by atoms with Gasteiger partial charge in [-0.1, -0.05) is 18.2 Å². The second-order valence-corrected chi connectivity index (χ2v) is 8.40. The van der Waals surface area contributed by atoms with E-state index in [4.69, 9.17) is 9.15 Å². The summed E-state index contributed by atoms with van der Waals surface area (Å²) in [6, 6.07) is 17.3. The number of ether oxygens (including phenoxy) is 1. The minimum absolute atomic E-state index is 0.0112. The molecule has 0 aliphatic rings. The topological polar surface area (TPSA) is 67.9 Å². The van der Waals surface area contributed by atoms with E-state index in [1.54, 1.807) is 29.2 Å². The number of thioether (sulfide) groups is 1. The summed E-state index contributed by atoms with van der Waals surface area (Å²) in [7, 11) is 3.53. The predicted molar refractivity (Wildman–Crippen MR) is 124 cm³/mol. The molecule has 3 rings (SSSR count). The van der Waals surface area contributed by atoms with Gasteiger partial charge in [-0.05, 0) is 36.4 Å². The molecule has 170 valence electrons. The molecule has 0 unspecified atom stereocenters. The van der Waals surface area contributed by atoms with Gasteiger partial charge < -0.3 is 23.5 Å². The van der Waals surface area contributed by atoms with E-state index in [1.165, 1.54) is 11.8 Å². The fourth-order valence-corrected chi connectivity index (χ4v) is 4.01. The smallest absolute Gasteiger partial charge is 0.242 e. The van der Waals surface area contributed by atoms with E-state index in [9.17, 15) is 9.59 Å². The molecular weight excluding hydrogens is 426 g/mol. The van der Waals surface area contributed by atoms with Gasteiger partial charge in [-0.3, -0.25) is 9.59 Å². The van der Waals surface area contributed by atoms with E-state index in [0.717, 1.165) is 10.6 Å². The number of furan rings is 1. The molecule has 0 fully saturated rings. The van der Waals surface area contributed by atoms with E-state index in [-0.39, 0.29) is 24.1 Å². The van der Waals surface area contributed by atoms with Crippen molar-refractivity contribution < 1.29 is 18.7 Å². The van der Waals surface area contributed by atoms with Crippen LogP contribution in [-0.2, 0) is 34.5 Å². The molecule has 3 aromatic rings. The van der Waals surface area contributed by atoms with E-state index in [0.29, 0.717) is 32.0 Å². The van der Waals surface area contributed by atoms with Crippen molar-refractivity contribution in [3.05, 3.63) is 78.5 Å². The lowest BCUT2D eigenvalue weighted by Crippen LogP contribution is -2.44. The van der Waals surface area contributed by atoms with Gasteiger partial charge in [0.15, 0.2) is 0 Å². The van der Waals surface area contributed by atoms with Crippen LogP contribution in [0.3, 0.4) is 0 Å². The maximum absolute atomic E-state index is 13.3. The Bertz CT molecular complexity index is 972. The average Bonchev–Trinajstić information content (AvgIpc) is 3.47. The molecule has 0 aliphatic carbocycles. The second kappa shape index (κ2) is 12.2. The molecule has 2 aromatic heterocycles. The molecular formula is C24H29N3O4S. The highest BCUT2D eigenvalue weighted by molar-refractivity contribution is 8.00. The van der Waals surface area contributed by atoms with Gasteiger partial charge in [0.2, 0.25) is 11.8 Å². The number of benzene rings is 1. The number of amides is 2. The van der Waals surface area contributed by atoms with Crippen molar-refractivity contribution in [1.82, 2.24) is 14.4 Å². The van der Waals surface area contributed by atoms with Crippen LogP contribution in [0.2, 0.25) is 0 Å². The molecule has 1 aromatic carbocycles. The Morgan fingerprint density at radius 3 is 2.47 bits per heavy atom. The van der Waals surface area contributed by atoms with Crippen molar-refractivity contribution in [2.45, 2.75) is 18.0 Å². The van der Waals surface area contributed by atoms with Crippen LogP contribution < -0.4 is 0 Å². The number of carbonyl (C=O) groups is 2. The standard InChI is InChI=1S/C24H29N3O4S/c1-25-12-6-8-20(25)16-27(17-21-9-7-14-31-21)23(28)18-26(13-15-30-2)24(29)19-32-22-10-4-3-5-11-22/h3-12,14H,13,15-19H2,1-2H3. The number of carbonyl (C=O) groups excluding carboxylic acids is 2. The SMILES string of the molecule is COCCN(CC(=O)N(Cc1ccco1)Cc1cccn1C)C(=O)CSc1ccccc1. The van der Waals surface area contributed by atoms with Gasteiger partial charge in [0.1, 0.15) is 5.76 Å². The molecule has 0 N–H and O–H groups in total. The Morgan fingerprint density at radius 2 is 1.81 bits per heavy atom. The van der Waals surface area contributed by atoms with Gasteiger partial charge in [0.25, 0.3) is 0 Å². The third-order valence-corrected chi connectivity index (χ3v) is 6.03. The molecule has 0 radical (unpaired) electrons. The maximum Gasteiger partial charge on any atom is 0.242 e. The summed E-state index contributed by atoms with van der Waals surface area (Å²) in [5.41, 5.74) is 0.999. The average molecular weight is 456 g/mol. The Labute approximate surface area is 192 Å².